The smallest absolute Gasteiger partial charge is 0.225 e. The molecule has 2 N–H and O–H groups in total. The molecule has 35 heavy (non-hydrogen) atoms. The summed E-state index contributed by atoms with van der Waals surface area (Å²) < 4.78 is 51.7. The highest BCUT2D eigenvalue weighted by molar-refractivity contribution is 7.91. The Balaban J connectivity index is 1.73. The van der Waals surface area contributed by atoms with Crippen molar-refractivity contribution in [1.29, 1.82) is 5.26 Å². The van der Waals surface area contributed by atoms with Crippen molar-refractivity contribution in [1.82, 2.24) is 4.98 Å². The predicted octanol–water partition coefficient (Wildman–Crippen LogP) is 3.75. The number of carbonyl (C=O) groups is 1. The summed E-state index contributed by atoms with van der Waals surface area (Å²) in [5, 5.41) is 9.92. The molecule has 11 heteroatoms. The summed E-state index contributed by atoms with van der Waals surface area (Å²) in [6.45, 7) is 1.62. The minimum Gasteiger partial charge on any atom is -0.369 e. The van der Waals surface area contributed by atoms with Gasteiger partial charge in [0.2, 0.25) is 5.91 Å². The zero-order chi connectivity index (χ0) is 25.4. The quantitative estimate of drug-likeness (QED) is 0.618. The Bertz CT molecular complexity index is 1230. The van der Waals surface area contributed by atoms with Gasteiger partial charge in [0.15, 0.2) is 9.84 Å². The number of nitriles is 1. The van der Waals surface area contributed by atoms with E-state index in [4.69, 9.17) is 5.73 Å². The molecule has 1 aromatic heterocycles. The van der Waals surface area contributed by atoms with Crippen LogP contribution >= 0.6 is 11.3 Å². The summed E-state index contributed by atoms with van der Waals surface area (Å²) >= 11 is 1.17. The number of thiazole rings is 1. The van der Waals surface area contributed by atoms with Crippen molar-refractivity contribution < 1.29 is 22.0 Å². The lowest BCUT2D eigenvalue weighted by Gasteiger charge is -2.44. The number of aromatic nitrogens is 1. The van der Waals surface area contributed by atoms with Gasteiger partial charge in [0.05, 0.1) is 39.5 Å². The Morgan fingerprint density at radius 2 is 1.97 bits per heavy atom. The second-order valence-electron chi connectivity index (χ2n) is 9.33. The molecule has 1 saturated heterocycles. The average molecular weight is 523 g/mol. The van der Waals surface area contributed by atoms with E-state index in [0.29, 0.717) is 23.7 Å². The monoisotopic (exact) mass is 522 g/mol. The zero-order valence-electron chi connectivity index (χ0n) is 19.4. The minimum atomic E-state index is -3.00. The zero-order valence-corrected chi connectivity index (χ0v) is 21.0. The van der Waals surface area contributed by atoms with Crippen LogP contribution in [0.25, 0.3) is 10.4 Å². The molecule has 1 aliphatic carbocycles. The van der Waals surface area contributed by atoms with E-state index in [0.717, 1.165) is 11.3 Å². The molecule has 2 aromatic rings. The number of halogens is 2. The molecule has 4 atom stereocenters. The number of anilines is 1. The first kappa shape index (κ1) is 25.5. The predicted molar refractivity (Wildman–Crippen MR) is 131 cm³/mol. The second-order valence-corrected chi connectivity index (χ2v) is 12.7. The Hall–Kier alpha value is -2.58. The van der Waals surface area contributed by atoms with Gasteiger partial charge in [0, 0.05) is 24.7 Å². The molecule has 2 aliphatic rings. The fraction of sp³-hybridized carbons (Fsp3) is 0.542. The molecular formula is C24H28F2N4O3S2. The van der Waals surface area contributed by atoms with Crippen LogP contribution in [0.2, 0.25) is 0 Å². The summed E-state index contributed by atoms with van der Waals surface area (Å²) in [5.41, 5.74) is 6.49. The largest absolute Gasteiger partial charge is 0.369 e. The third kappa shape index (κ3) is 4.78. The van der Waals surface area contributed by atoms with Gasteiger partial charge in [-0.25, -0.2) is 22.2 Å². The van der Waals surface area contributed by atoms with Crippen molar-refractivity contribution in [3.05, 3.63) is 35.0 Å². The fourth-order valence-electron chi connectivity index (χ4n) is 5.35. The number of carbonyl (C=O) groups excluding carboxylic acids is 1. The Morgan fingerprint density at radius 3 is 2.54 bits per heavy atom. The summed E-state index contributed by atoms with van der Waals surface area (Å²) in [5.74, 6) is -1.98. The number of alkyl halides is 2. The van der Waals surface area contributed by atoms with E-state index >= 15 is 0 Å². The van der Waals surface area contributed by atoms with Crippen LogP contribution in [0, 0.1) is 22.7 Å². The van der Waals surface area contributed by atoms with Gasteiger partial charge >= 0.3 is 0 Å². The molecule has 1 saturated carbocycles. The molecule has 1 amide bonds. The molecule has 1 aromatic carbocycles. The number of amides is 1. The topological polar surface area (TPSA) is 117 Å². The Labute approximate surface area is 207 Å². The van der Waals surface area contributed by atoms with Crippen LogP contribution < -0.4 is 10.6 Å². The molecule has 2 heterocycles. The number of nitrogens with two attached hydrogens (primary N) is 1. The Kier molecular flexibility index (Phi) is 7.16. The molecule has 3 unspecified atom stereocenters. The first-order valence-corrected chi connectivity index (χ1v) is 14.2. The summed E-state index contributed by atoms with van der Waals surface area (Å²) in [6, 6.07) is 9.57. The van der Waals surface area contributed by atoms with E-state index in [1.54, 1.807) is 6.92 Å². The average Bonchev–Trinajstić information content (AvgIpc) is 3.27. The lowest BCUT2D eigenvalue weighted by Crippen LogP contribution is -2.50. The number of primary amides is 1. The summed E-state index contributed by atoms with van der Waals surface area (Å²) in [6.07, 6.45) is -0.944. The van der Waals surface area contributed by atoms with Gasteiger partial charge in [-0.1, -0.05) is 12.1 Å². The van der Waals surface area contributed by atoms with Crippen LogP contribution in [0.5, 0.6) is 0 Å². The van der Waals surface area contributed by atoms with Crippen LogP contribution in [0.4, 0.5) is 14.5 Å². The molecule has 0 spiro atoms. The van der Waals surface area contributed by atoms with Gasteiger partial charge in [0.1, 0.15) is 17.9 Å². The van der Waals surface area contributed by atoms with Crippen LogP contribution in [0.1, 0.15) is 42.8 Å². The first-order valence-electron chi connectivity index (χ1n) is 11.6. The van der Waals surface area contributed by atoms with E-state index in [1.807, 2.05) is 29.2 Å². The molecule has 1 aliphatic heterocycles. The van der Waals surface area contributed by atoms with Crippen LogP contribution in [0.15, 0.2) is 24.3 Å². The fourth-order valence-corrected chi connectivity index (χ4v) is 7.53. The molecule has 0 bridgehead atoms. The lowest BCUT2D eigenvalue weighted by atomic mass is 9.58. The molecule has 2 fully saturated rings. The van der Waals surface area contributed by atoms with E-state index in [9.17, 15) is 27.3 Å². The highest BCUT2D eigenvalue weighted by Crippen LogP contribution is 2.54. The standard InChI is InChI=1S/C24H28F2N4O3S2/c1-15(14-27)24(23(28)31)12-17(26)4-7-19(24)21-22(34-20(13-25)29-21)16-2-5-18(6-3-16)30-8-10-35(32,33)11-9-30/h2-3,5-6,15,17,19H,4,7-13H2,1H3,(H2,28,31)/t15-,17?,19?,24?/m1/s1. The van der Waals surface area contributed by atoms with E-state index in [2.05, 4.69) is 11.1 Å². The van der Waals surface area contributed by atoms with Crippen LogP contribution in [-0.4, -0.2) is 50.1 Å². The third-order valence-electron chi connectivity index (χ3n) is 7.36. The van der Waals surface area contributed by atoms with E-state index in [1.165, 1.54) is 11.3 Å². The van der Waals surface area contributed by atoms with Gasteiger partial charge in [-0.3, -0.25) is 4.79 Å². The van der Waals surface area contributed by atoms with Gasteiger partial charge in [0.25, 0.3) is 0 Å². The molecular weight excluding hydrogens is 494 g/mol. The Morgan fingerprint density at radius 1 is 1.31 bits per heavy atom. The first-order chi connectivity index (χ1) is 16.6. The van der Waals surface area contributed by atoms with Crippen molar-refractivity contribution >= 4 is 32.8 Å². The maximum Gasteiger partial charge on any atom is 0.225 e. The van der Waals surface area contributed by atoms with Gasteiger partial charge in [-0.05, 0) is 43.9 Å². The van der Waals surface area contributed by atoms with Crippen LogP contribution in [0.3, 0.4) is 0 Å². The number of benzene rings is 1. The molecule has 0 radical (unpaired) electrons. The highest BCUT2D eigenvalue weighted by atomic mass is 32.2. The second kappa shape index (κ2) is 9.82. The van der Waals surface area contributed by atoms with Gasteiger partial charge in [-0.15, -0.1) is 11.3 Å². The van der Waals surface area contributed by atoms with Gasteiger partial charge < -0.3 is 10.6 Å². The van der Waals surface area contributed by atoms with Crippen molar-refractivity contribution in [3.63, 3.8) is 0 Å². The number of nitrogens with zero attached hydrogens (tertiary/aromatic N) is 3. The van der Waals surface area contributed by atoms with Crippen molar-refractivity contribution in [2.45, 2.75) is 45.0 Å². The number of rotatable bonds is 6. The van der Waals surface area contributed by atoms with E-state index < -0.39 is 45.8 Å². The SMILES string of the molecule is C[C@H](C#N)C1(C(N)=O)CC(F)CCC1c1nc(CF)sc1-c1ccc(N2CCS(=O)(=O)CC2)cc1. The summed E-state index contributed by atoms with van der Waals surface area (Å²) in [4.78, 5) is 19.9. The molecule has 4 rings (SSSR count). The molecule has 188 valence electrons. The van der Waals surface area contributed by atoms with E-state index in [-0.39, 0.29) is 35.8 Å². The van der Waals surface area contributed by atoms with Crippen molar-refractivity contribution in [2.24, 2.45) is 17.1 Å². The summed E-state index contributed by atoms with van der Waals surface area (Å²) in [7, 11) is -3.00. The van der Waals surface area contributed by atoms with Gasteiger partial charge in [-0.2, -0.15) is 5.26 Å². The maximum atomic E-state index is 14.6. The maximum absolute atomic E-state index is 14.6. The molecule has 7 nitrogen and oxygen atoms in total. The number of hydrogen-bond acceptors (Lipinski definition) is 7. The lowest BCUT2D eigenvalue weighted by molar-refractivity contribution is -0.135. The van der Waals surface area contributed by atoms with Crippen LogP contribution in [-0.2, 0) is 21.3 Å². The van der Waals surface area contributed by atoms with Crippen molar-refractivity contribution in [2.75, 3.05) is 29.5 Å². The minimum absolute atomic E-state index is 0.108. The normalized spacial score (nSPS) is 27.2. The third-order valence-corrected chi connectivity index (χ3v) is 10.0. The highest BCUT2D eigenvalue weighted by Gasteiger charge is 2.54. The number of hydrogen-bond donors (Lipinski definition) is 1. The number of sulfone groups is 1. The van der Waals surface area contributed by atoms with Crippen molar-refractivity contribution in [3.8, 4) is 16.5 Å².